The molecule has 0 saturated carbocycles. The van der Waals surface area contributed by atoms with Crippen LogP contribution in [0.5, 0.6) is 5.75 Å². The largest absolute Gasteiger partial charge is 0.497 e. The standard InChI is InChI=1S/C18H22BrNO/c1-4-11-20-18(14-7-9-16(21-3)10-8-14)15-6-5-13(2)17(19)12-15/h5-10,12,18,20H,4,11H2,1-3H3. The van der Waals surface area contributed by atoms with Gasteiger partial charge in [-0.3, -0.25) is 0 Å². The fourth-order valence-corrected chi connectivity index (χ4v) is 2.70. The van der Waals surface area contributed by atoms with Crippen molar-refractivity contribution in [2.45, 2.75) is 26.3 Å². The van der Waals surface area contributed by atoms with Crippen LogP contribution in [0.3, 0.4) is 0 Å². The molecule has 0 fully saturated rings. The predicted octanol–water partition coefficient (Wildman–Crippen LogP) is 4.86. The maximum Gasteiger partial charge on any atom is 0.118 e. The maximum atomic E-state index is 5.24. The number of ether oxygens (including phenoxy) is 1. The van der Waals surface area contributed by atoms with E-state index in [9.17, 15) is 0 Å². The summed E-state index contributed by atoms with van der Waals surface area (Å²) < 4.78 is 6.39. The van der Waals surface area contributed by atoms with Crippen LogP contribution >= 0.6 is 15.9 Å². The summed E-state index contributed by atoms with van der Waals surface area (Å²) in [4.78, 5) is 0. The quantitative estimate of drug-likeness (QED) is 0.805. The molecule has 0 amide bonds. The van der Waals surface area contributed by atoms with Gasteiger partial charge in [-0.2, -0.15) is 0 Å². The fraction of sp³-hybridized carbons (Fsp3) is 0.333. The van der Waals surface area contributed by atoms with Gasteiger partial charge < -0.3 is 10.1 Å². The first kappa shape index (κ1) is 16.1. The molecule has 0 saturated heterocycles. The van der Waals surface area contributed by atoms with Crippen molar-refractivity contribution in [2.75, 3.05) is 13.7 Å². The van der Waals surface area contributed by atoms with Crippen molar-refractivity contribution in [1.82, 2.24) is 5.32 Å². The van der Waals surface area contributed by atoms with E-state index in [0.717, 1.165) is 23.2 Å². The van der Waals surface area contributed by atoms with Gasteiger partial charge in [0.15, 0.2) is 0 Å². The maximum absolute atomic E-state index is 5.24. The number of aryl methyl sites for hydroxylation is 1. The number of rotatable bonds is 6. The zero-order valence-electron chi connectivity index (χ0n) is 12.8. The van der Waals surface area contributed by atoms with Gasteiger partial charge in [0.25, 0.3) is 0 Å². The molecule has 0 radical (unpaired) electrons. The van der Waals surface area contributed by atoms with E-state index in [2.05, 4.69) is 65.4 Å². The summed E-state index contributed by atoms with van der Waals surface area (Å²) in [6.07, 6.45) is 1.11. The van der Waals surface area contributed by atoms with Crippen LogP contribution in [0.15, 0.2) is 46.9 Å². The van der Waals surface area contributed by atoms with Crippen LogP contribution in [0.1, 0.15) is 36.1 Å². The molecular formula is C18H22BrNO. The first-order valence-corrected chi connectivity index (χ1v) is 8.08. The number of halogens is 1. The number of benzene rings is 2. The van der Waals surface area contributed by atoms with E-state index in [1.807, 2.05) is 12.1 Å². The molecular weight excluding hydrogens is 326 g/mol. The highest BCUT2D eigenvalue weighted by Crippen LogP contribution is 2.27. The Balaban J connectivity index is 2.33. The second-order valence-electron chi connectivity index (χ2n) is 5.17. The lowest BCUT2D eigenvalue weighted by Gasteiger charge is -2.20. The van der Waals surface area contributed by atoms with Crippen LogP contribution in [0.2, 0.25) is 0 Å². The van der Waals surface area contributed by atoms with Gasteiger partial charge in [-0.15, -0.1) is 0 Å². The Labute approximate surface area is 135 Å². The highest BCUT2D eigenvalue weighted by molar-refractivity contribution is 9.10. The predicted molar refractivity (Wildman–Crippen MR) is 92.0 cm³/mol. The molecule has 2 aromatic carbocycles. The molecule has 0 aliphatic carbocycles. The van der Waals surface area contributed by atoms with Crippen LogP contribution < -0.4 is 10.1 Å². The molecule has 1 atom stereocenters. The van der Waals surface area contributed by atoms with Crippen molar-refractivity contribution in [3.05, 3.63) is 63.6 Å². The molecule has 2 rings (SSSR count). The van der Waals surface area contributed by atoms with E-state index in [1.54, 1.807) is 7.11 Å². The van der Waals surface area contributed by atoms with Crippen LogP contribution in [-0.2, 0) is 0 Å². The van der Waals surface area contributed by atoms with Gasteiger partial charge in [-0.05, 0) is 54.8 Å². The van der Waals surface area contributed by atoms with Gasteiger partial charge >= 0.3 is 0 Å². The summed E-state index contributed by atoms with van der Waals surface area (Å²) in [7, 11) is 1.69. The van der Waals surface area contributed by atoms with E-state index in [-0.39, 0.29) is 6.04 Å². The molecule has 1 N–H and O–H groups in total. The van der Waals surface area contributed by atoms with E-state index in [1.165, 1.54) is 16.7 Å². The van der Waals surface area contributed by atoms with Gasteiger partial charge in [0, 0.05) is 4.47 Å². The molecule has 0 spiro atoms. The van der Waals surface area contributed by atoms with Gasteiger partial charge in [0.2, 0.25) is 0 Å². The number of nitrogens with one attached hydrogen (secondary N) is 1. The monoisotopic (exact) mass is 347 g/mol. The molecule has 2 nitrogen and oxygen atoms in total. The first-order valence-electron chi connectivity index (χ1n) is 7.29. The number of hydrogen-bond acceptors (Lipinski definition) is 2. The highest BCUT2D eigenvalue weighted by Gasteiger charge is 2.14. The summed E-state index contributed by atoms with van der Waals surface area (Å²) in [5.74, 6) is 0.887. The molecule has 112 valence electrons. The second-order valence-corrected chi connectivity index (χ2v) is 6.02. The molecule has 0 aromatic heterocycles. The third-order valence-electron chi connectivity index (χ3n) is 3.58. The van der Waals surface area contributed by atoms with Crippen molar-refractivity contribution < 1.29 is 4.74 Å². The number of methoxy groups -OCH3 is 1. The van der Waals surface area contributed by atoms with Crippen molar-refractivity contribution >= 4 is 15.9 Å². The van der Waals surface area contributed by atoms with E-state index < -0.39 is 0 Å². The average Bonchev–Trinajstić information content (AvgIpc) is 2.51. The molecule has 3 heteroatoms. The number of hydrogen-bond donors (Lipinski definition) is 1. The van der Waals surface area contributed by atoms with Gasteiger partial charge in [0.05, 0.1) is 13.2 Å². The van der Waals surface area contributed by atoms with E-state index in [0.29, 0.717) is 0 Å². The summed E-state index contributed by atoms with van der Waals surface area (Å²) in [6.45, 7) is 5.28. The Kier molecular flexibility index (Phi) is 5.83. The minimum absolute atomic E-state index is 0.202. The SMILES string of the molecule is CCCNC(c1ccc(OC)cc1)c1ccc(C)c(Br)c1. The van der Waals surface area contributed by atoms with Crippen molar-refractivity contribution in [1.29, 1.82) is 0 Å². The lowest BCUT2D eigenvalue weighted by molar-refractivity contribution is 0.414. The smallest absolute Gasteiger partial charge is 0.118 e. The van der Waals surface area contributed by atoms with Crippen LogP contribution in [0, 0.1) is 6.92 Å². The van der Waals surface area contributed by atoms with Crippen LogP contribution in [-0.4, -0.2) is 13.7 Å². The Morgan fingerprint density at radius 3 is 2.33 bits per heavy atom. The van der Waals surface area contributed by atoms with Crippen LogP contribution in [0.4, 0.5) is 0 Å². The Morgan fingerprint density at radius 2 is 1.76 bits per heavy atom. The summed E-state index contributed by atoms with van der Waals surface area (Å²) in [6, 6.07) is 15.0. The third kappa shape index (κ3) is 4.08. The lowest BCUT2D eigenvalue weighted by Crippen LogP contribution is -2.23. The molecule has 1 unspecified atom stereocenters. The third-order valence-corrected chi connectivity index (χ3v) is 4.43. The summed E-state index contributed by atoms with van der Waals surface area (Å²) >= 11 is 3.63. The van der Waals surface area contributed by atoms with Gasteiger partial charge in [-0.1, -0.05) is 47.1 Å². The normalized spacial score (nSPS) is 12.2. The van der Waals surface area contributed by atoms with Crippen molar-refractivity contribution in [2.24, 2.45) is 0 Å². The Bertz CT molecular complexity index is 580. The zero-order valence-corrected chi connectivity index (χ0v) is 14.4. The first-order chi connectivity index (χ1) is 10.2. The molecule has 0 bridgehead atoms. The summed E-state index contributed by atoms with van der Waals surface area (Å²) in [5.41, 5.74) is 3.77. The fourth-order valence-electron chi connectivity index (χ4n) is 2.30. The Morgan fingerprint density at radius 1 is 1.10 bits per heavy atom. The molecule has 0 aliphatic heterocycles. The van der Waals surface area contributed by atoms with Crippen LogP contribution in [0.25, 0.3) is 0 Å². The highest BCUT2D eigenvalue weighted by atomic mass is 79.9. The van der Waals surface area contributed by atoms with Gasteiger partial charge in [0.1, 0.15) is 5.75 Å². The molecule has 0 aliphatic rings. The van der Waals surface area contributed by atoms with E-state index in [4.69, 9.17) is 4.74 Å². The lowest BCUT2D eigenvalue weighted by atomic mass is 9.97. The minimum Gasteiger partial charge on any atom is -0.497 e. The van der Waals surface area contributed by atoms with E-state index >= 15 is 0 Å². The Hall–Kier alpha value is -1.32. The average molecular weight is 348 g/mol. The van der Waals surface area contributed by atoms with Crippen molar-refractivity contribution in [3.63, 3.8) is 0 Å². The van der Waals surface area contributed by atoms with Crippen molar-refractivity contribution in [3.8, 4) is 5.75 Å². The summed E-state index contributed by atoms with van der Waals surface area (Å²) in [5, 5.41) is 3.62. The topological polar surface area (TPSA) is 21.3 Å². The van der Waals surface area contributed by atoms with Gasteiger partial charge in [-0.25, -0.2) is 0 Å². The zero-order chi connectivity index (χ0) is 15.2. The molecule has 21 heavy (non-hydrogen) atoms. The minimum atomic E-state index is 0.202. The molecule has 2 aromatic rings. The second kappa shape index (κ2) is 7.62. The molecule has 0 heterocycles.